The number of rotatable bonds is 3. The van der Waals surface area contributed by atoms with E-state index in [2.05, 4.69) is 48.8 Å². The van der Waals surface area contributed by atoms with Gasteiger partial charge in [-0.1, -0.05) is 12.1 Å². The molecular weight excluding hydrogens is 322 g/mol. The quantitative estimate of drug-likeness (QED) is 0.845. The fourth-order valence-corrected chi connectivity index (χ4v) is 3.70. The van der Waals surface area contributed by atoms with E-state index >= 15 is 0 Å². The van der Waals surface area contributed by atoms with Crippen molar-refractivity contribution in [3.8, 4) is 0 Å². The Balaban J connectivity index is 1.69. The van der Waals surface area contributed by atoms with Crippen molar-refractivity contribution < 1.29 is 4.79 Å². The van der Waals surface area contributed by atoms with Crippen LogP contribution in [0.2, 0.25) is 0 Å². The van der Waals surface area contributed by atoms with E-state index in [-0.39, 0.29) is 5.91 Å². The Morgan fingerprint density at radius 1 is 0.923 bits per heavy atom. The van der Waals surface area contributed by atoms with Crippen molar-refractivity contribution in [3.63, 3.8) is 0 Å². The highest BCUT2D eigenvalue weighted by atomic mass is 16.2. The van der Waals surface area contributed by atoms with Crippen LogP contribution in [0.15, 0.2) is 36.4 Å². The molecule has 1 heterocycles. The van der Waals surface area contributed by atoms with E-state index in [1.54, 1.807) is 0 Å². The number of amides is 1. The minimum atomic E-state index is 0.138. The summed E-state index contributed by atoms with van der Waals surface area (Å²) in [6.07, 6.45) is 0. The van der Waals surface area contributed by atoms with Gasteiger partial charge in [-0.15, -0.1) is 0 Å². The lowest BCUT2D eigenvalue weighted by Gasteiger charge is -2.37. The van der Waals surface area contributed by atoms with Gasteiger partial charge < -0.3 is 14.7 Å². The minimum absolute atomic E-state index is 0.138. The summed E-state index contributed by atoms with van der Waals surface area (Å²) in [5.41, 5.74) is 7.02. The Morgan fingerprint density at radius 3 is 2.23 bits per heavy atom. The van der Waals surface area contributed by atoms with Crippen LogP contribution in [0, 0.1) is 20.8 Å². The van der Waals surface area contributed by atoms with Crippen LogP contribution >= 0.6 is 0 Å². The van der Waals surface area contributed by atoms with Crippen LogP contribution in [0.25, 0.3) is 0 Å². The molecule has 0 saturated carbocycles. The molecule has 1 fully saturated rings. The van der Waals surface area contributed by atoms with Gasteiger partial charge in [0, 0.05) is 57.2 Å². The molecule has 0 unspecified atom stereocenters. The molecule has 2 aromatic rings. The van der Waals surface area contributed by atoms with Crippen LogP contribution in [0.5, 0.6) is 0 Å². The molecule has 0 radical (unpaired) electrons. The largest absolute Gasteiger partial charge is 0.377 e. The maximum Gasteiger partial charge on any atom is 0.253 e. The summed E-state index contributed by atoms with van der Waals surface area (Å²) >= 11 is 0. The van der Waals surface area contributed by atoms with Crippen LogP contribution in [-0.4, -0.2) is 51.1 Å². The van der Waals surface area contributed by atoms with E-state index in [0.717, 1.165) is 43.0 Å². The van der Waals surface area contributed by atoms with Gasteiger partial charge in [0.05, 0.1) is 0 Å². The molecule has 2 aromatic carbocycles. The topological polar surface area (TPSA) is 26.8 Å². The third-order valence-corrected chi connectivity index (χ3v) is 5.41. The van der Waals surface area contributed by atoms with Crippen molar-refractivity contribution >= 4 is 17.3 Å². The van der Waals surface area contributed by atoms with Gasteiger partial charge in [-0.25, -0.2) is 0 Å². The van der Waals surface area contributed by atoms with Crippen LogP contribution in [0.4, 0.5) is 11.4 Å². The molecule has 4 heteroatoms. The lowest BCUT2D eigenvalue weighted by atomic mass is 10.1. The molecule has 0 N–H and O–H groups in total. The van der Waals surface area contributed by atoms with Gasteiger partial charge in [-0.3, -0.25) is 4.79 Å². The molecule has 1 aliphatic heterocycles. The number of carbonyl (C=O) groups excluding carboxylic acids is 1. The Morgan fingerprint density at radius 2 is 1.62 bits per heavy atom. The lowest BCUT2D eigenvalue weighted by Crippen LogP contribution is -2.49. The first-order valence-electron chi connectivity index (χ1n) is 9.27. The monoisotopic (exact) mass is 351 g/mol. The minimum Gasteiger partial charge on any atom is -0.377 e. The number of aryl methyl sites for hydroxylation is 2. The summed E-state index contributed by atoms with van der Waals surface area (Å²) < 4.78 is 0. The van der Waals surface area contributed by atoms with Gasteiger partial charge in [-0.05, 0) is 61.7 Å². The Hall–Kier alpha value is -2.49. The second-order valence-corrected chi connectivity index (χ2v) is 7.39. The summed E-state index contributed by atoms with van der Waals surface area (Å²) in [6.45, 7) is 9.68. The van der Waals surface area contributed by atoms with Crippen molar-refractivity contribution in [2.45, 2.75) is 20.8 Å². The van der Waals surface area contributed by atoms with Crippen molar-refractivity contribution in [2.24, 2.45) is 0 Å². The van der Waals surface area contributed by atoms with Crippen LogP contribution in [-0.2, 0) is 0 Å². The van der Waals surface area contributed by atoms with Gasteiger partial charge in [0.25, 0.3) is 5.91 Å². The predicted molar refractivity (Wildman–Crippen MR) is 110 cm³/mol. The van der Waals surface area contributed by atoms with Crippen molar-refractivity contribution in [1.29, 1.82) is 0 Å². The highest BCUT2D eigenvalue weighted by Crippen LogP contribution is 2.25. The van der Waals surface area contributed by atoms with E-state index in [1.165, 1.54) is 16.8 Å². The molecule has 3 rings (SSSR count). The third-order valence-electron chi connectivity index (χ3n) is 5.41. The SMILES string of the molecule is Cc1cc(C(=O)N2CCN(c3cccc(C)c3C)CC2)ccc1N(C)C. The maximum absolute atomic E-state index is 12.9. The Bertz CT molecular complexity index is 805. The molecular formula is C22H29N3O. The number of anilines is 2. The first kappa shape index (κ1) is 18.3. The number of benzene rings is 2. The zero-order valence-electron chi connectivity index (χ0n) is 16.5. The number of carbonyl (C=O) groups is 1. The molecule has 0 atom stereocenters. The number of nitrogens with zero attached hydrogens (tertiary/aromatic N) is 3. The molecule has 0 aromatic heterocycles. The number of hydrogen-bond donors (Lipinski definition) is 0. The van der Waals surface area contributed by atoms with E-state index in [4.69, 9.17) is 0 Å². The summed E-state index contributed by atoms with van der Waals surface area (Å²) in [6, 6.07) is 12.4. The highest BCUT2D eigenvalue weighted by molar-refractivity contribution is 5.95. The van der Waals surface area contributed by atoms with Crippen LogP contribution in [0.3, 0.4) is 0 Å². The highest BCUT2D eigenvalue weighted by Gasteiger charge is 2.23. The number of hydrogen-bond acceptors (Lipinski definition) is 3. The Kier molecular flexibility index (Phi) is 5.21. The zero-order chi connectivity index (χ0) is 18.8. The standard InChI is InChI=1S/C22H29N3O/c1-16-7-6-8-21(18(16)3)24-11-13-25(14-12-24)22(26)19-9-10-20(23(4)5)17(2)15-19/h6-10,15H,11-14H2,1-5H3. The van der Waals surface area contributed by atoms with Crippen LogP contribution < -0.4 is 9.80 Å². The predicted octanol–water partition coefficient (Wildman–Crippen LogP) is 3.64. The molecule has 1 amide bonds. The second-order valence-electron chi connectivity index (χ2n) is 7.39. The summed E-state index contributed by atoms with van der Waals surface area (Å²) in [5, 5.41) is 0. The molecule has 1 saturated heterocycles. The molecule has 138 valence electrons. The first-order chi connectivity index (χ1) is 12.4. The van der Waals surface area contributed by atoms with Gasteiger partial charge in [0.15, 0.2) is 0 Å². The molecule has 26 heavy (non-hydrogen) atoms. The average Bonchev–Trinajstić information content (AvgIpc) is 2.63. The lowest BCUT2D eigenvalue weighted by molar-refractivity contribution is 0.0746. The summed E-state index contributed by atoms with van der Waals surface area (Å²) in [5.74, 6) is 0.138. The van der Waals surface area contributed by atoms with Crippen LogP contribution in [0.1, 0.15) is 27.0 Å². The third kappa shape index (κ3) is 3.55. The average molecular weight is 351 g/mol. The fraction of sp³-hybridized carbons (Fsp3) is 0.409. The van der Waals surface area contributed by atoms with Crippen molar-refractivity contribution in [2.75, 3.05) is 50.1 Å². The van der Waals surface area contributed by atoms with Gasteiger partial charge >= 0.3 is 0 Å². The smallest absolute Gasteiger partial charge is 0.253 e. The first-order valence-corrected chi connectivity index (χ1v) is 9.27. The molecule has 0 spiro atoms. The molecule has 1 aliphatic rings. The summed E-state index contributed by atoms with van der Waals surface area (Å²) in [7, 11) is 4.05. The normalized spacial score (nSPS) is 14.5. The van der Waals surface area contributed by atoms with Crippen molar-refractivity contribution in [1.82, 2.24) is 4.90 Å². The maximum atomic E-state index is 12.9. The van der Waals surface area contributed by atoms with Gasteiger partial charge in [0.1, 0.15) is 0 Å². The summed E-state index contributed by atoms with van der Waals surface area (Å²) in [4.78, 5) is 19.3. The van der Waals surface area contributed by atoms with E-state index in [1.807, 2.05) is 37.2 Å². The Labute approximate surface area is 157 Å². The molecule has 0 bridgehead atoms. The molecule has 0 aliphatic carbocycles. The van der Waals surface area contributed by atoms with Gasteiger partial charge in [0.2, 0.25) is 0 Å². The number of piperazine rings is 1. The van der Waals surface area contributed by atoms with E-state index in [9.17, 15) is 4.79 Å². The second kappa shape index (κ2) is 7.40. The fourth-order valence-electron chi connectivity index (χ4n) is 3.70. The van der Waals surface area contributed by atoms with E-state index in [0.29, 0.717) is 0 Å². The molecule has 4 nitrogen and oxygen atoms in total. The van der Waals surface area contributed by atoms with Gasteiger partial charge in [-0.2, -0.15) is 0 Å². The van der Waals surface area contributed by atoms with Crippen molar-refractivity contribution in [3.05, 3.63) is 58.7 Å². The zero-order valence-corrected chi connectivity index (χ0v) is 16.5. The van der Waals surface area contributed by atoms with E-state index < -0.39 is 0 Å².